The summed E-state index contributed by atoms with van der Waals surface area (Å²) in [6.45, 7) is 5.42. The van der Waals surface area contributed by atoms with Gasteiger partial charge in [0.2, 0.25) is 0 Å². The number of hydrogen-bond donors (Lipinski definition) is 1. The number of rotatable bonds is 3. The number of aryl methyl sites for hydroxylation is 1. The predicted octanol–water partition coefficient (Wildman–Crippen LogP) is 1.95. The Morgan fingerprint density at radius 2 is 2.35 bits per heavy atom. The molecule has 0 bridgehead atoms. The quantitative estimate of drug-likeness (QED) is 0.891. The lowest BCUT2D eigenvalue weighted by Crippen LogP contribution is -2.41. The Bertz CT molecular complexity index is 383. The summed E-state index contributed by atoms with van der Waals surface area (Å²) in [6.07, 6.45) is 1.95. The second-order valence-corrected chi connectivity index (χ2v) is 5.58. The molecule has 1 aliphatic rings. The number of hydrogen-bond acceptors (Lipinski definition) is 5. The van der Waals surface area contributed by atoms with Crippen molar-refractivity contribution in [1.82, 2.24) is 9.97 Å². The van der Waals surface area contributed by atoms with E-state index in [2.05, 4.69) is 28.7 Å². The molecule has 94 valence electrons. The third kappa shape index (κ3) is 3.03. The van der Waals surface area contributed by atoms with E-state index in [0.29, 0.717) is 11.9 Å². The highest BCUT2D eigenvalue weighted by atomic mass is 32.2. The minimum atomic E-state index is 0.525. The topological polar surface area (TPSA) is 55.0 Å². The van der Waals surface area contributed by atoms with E-state index in [1.54, 1.807) is 0 Å². The molecule has 1 aromatic rings. The van der Waals surface area contributed by atoms with Crippen LogP contribution in [0.3, 0.4) is 0 Å². The fourth-order valence-electron chi connectivity index (χ4n) is 2.05. The van der Waals surface area contributed by atoms with Gasteiger partial charge in [0.1, 0.15) is 17.5 Å². The van der Waals surface area contributed by atoms with Crippen molar-refractivity contribution in [3.05, 3.63) is 11.9 Å². The Labute approximate surface area is 107 Å². The van der Waals surface area contributed by atoms with E-state index in [1.165, 1.54) is 0 Å². The molecule has 0 aromatic carbocycles. The summed E-state index contributed by atoms with van der Waals surface area (Å²) in [5.41, 5.74) is 5.86. The average Bonchev–Trinajstić information content (AvgIpc) is 2.29. The van der Waals surface area contributed by atoms with Crippen LogP contribution in [-0.2, 0) is 6.42 Å². The molecular weight excluding hydrogens is 232 g/mol. The lowest BCUT2D eigenvalue weighted by molar-refractivity contribution is 0.683. The lowest BCUT2D eigenvalue weighted by Gasteiger charge is -2.34. The molecule has 1 fully saturated rings. The molecule has 1 atom stereocenters. The highest BCUT2D eigenvalue weighted by Crippen LogP contribution is 2.23. The van der Waals surface area contributed by atoms with Gasteiger partial charge >= 0.3 is 0 Å². The van der Waals surface area contributed by atoms with Crippen LogP contribution in [0.1, 0.15) is 26.1 Å². The molecule has 2 rings (SSSR count). The van der Waals surface area contributed by atoms with Gasteiger partial charge in [0.15, 0.2) is 0 Å². The van der Waals surface area contributed by atoms with Gasteiger partial charge in [-0.05, 0) is 13.3 Å². The Hall–Kier alpha value is -0.970. The van der Waals surface area contributed by atoms with Crippen molar-refractivity contribution in [2.75, 3.05) is 28.7 Å². The smallest absolute Gasteiger partial charge is 0.134 e. The standard InChI is InChI=1S/C12H20N4S/c1-3-4-11-14-10(13)7-12(15-11)16-5-6-17-8-9(16)2/h7,9H,3-6,8H2,1-2H3,(H2,13,14,15). The summed E-state index contributed by atoms with van der Waals surface area (Å²) < 4.78 is 0. The number of anilines is 2. The molecule has 0 saturated carbocycles. The van der Waals surface area contributed by atoms with E-state index in [9.17, 15) is 0 Å². The maximum atomic E-state index is 5.86. The molecule has 1 aromatic heterocycles. The van der Waals surface area contributed by atoms with Crippen molar-refractivity contribution in [3.63, 3.8) is 0 Å². The number of aromatic nitrogens is 2. The maximum Gasteiger partial charge on any atom is 0.134 e. The van der Waals surface area contributed by atoms with E-state index in [-0.39, 0.29) is 0 Å². The highest BCUT2D eigenvalue weighted by molar-refractivity contribution is 7.99. The van der Waals surface area contributed by atoms with Gasteiger partial charge in [-0.1, -0.05) is 6.92 Å². The number of thioether (sulfide) groups is 1. The Balaban J connectivity index is 2.24. The van der Waals surface area contributed by atoms with E-state index in [0.717, 1.165) is 42.5 Å². The fourth-order valence-corrected chi connectivity index (χ4v) is 3.07. The zero-order chi connectivity index (χ0) is 12.3. The highest BCUT2D eigenvalue weighted by Gasteiger charge is 2.20. The molecule has 17 heavy (non-hydrogen) atoms. The number of nitrogens with zero attached hydrogens (tertiary/aromatic N) is 3. The number of nitrogen functional groups attached to an aromatic ring is 1. The molecule has 1 saturated heterocycles. The summed E-state index contributed by atoms with van der Waals surface area (Å²) in [5.74, 6) is 4.77. The van der Waals surface area contributed by atoms with Gasteiger partial charge in [-0.15, -0.1) is 0 Å². The third-order valence-corrected chi connectivity index (χ3v) is 4.10. The average molecular weight is 252 g/mol. The summed E-state index contributed by atoms with van der Waals surface area (Å²) in [6, 6.07) is 2.42. The van der Waals surface area contributed by atoms with Crippen LogP contribution in [0.2, 0.25) is 0 Å². The van der Waals surface area contributed by atoms with Gasteiger partial charge < -0.3 is 10.6 Å². The van der Waals surface area contributed by atoms with Gasteiger partial charge in [-0.2, -0.15) is 11.8 Å². The molecule has 0 aliphatic carbocycles. The van der Waals surface area contributed by atoms with Crippen molar-refractivity contribution < 1.29 is 0 Å². The molecule has 2 heterocycles. The third-order valence-electron chi connectivity index (χ3n) is 2.91. The van der Waals surface area contributed by atoms with Crippen molar-refractivity contribution in [2.24, 2.45) is 0 Å². The molecule has 1 unspecified atom stereocenters. The van der Waals surface area contributed by atoms with Crippen molar-refractivity contribution in [3.8, 4) is 0 Å². The zero-order valence-electron chi connectivity index (χ0n) is 10.5. The van der Waals surface area contributed by atoms with Crippen LogP contribution in [-0.4, -0.2) is 34.1 Å². The molecule has 4 nitrogen and oxygen atoms in total. The Morgan fingerprint density at radius 3 is 3.06 bits per heavy atom. The minimum absolute atomic E-state index is 0.525. The van der Waals surface area contributed by atoms with Crippen LogP contribution in [0.5, 0.6) is 0 Å². The summed E-state index contributed by atoms with van der Waals surface area (Å²) in [7, 11) is 0. The normalized spacial score (nSPS) is 20.6. The summed E-state index contributed by atoms with van der Waals surface area (Å²) in [4.78, 5) is 11.2. The second-order valence-electron chi connectivity index (χ2n) is 4.43. The van der Waals surface area contributed by atoms with Gasteiger partial charge in [0.05, 0.1) is 0 Å². The van der Waals surface area contributed by atoms with Crippen molar-refractivity contribution >= 4 is 23.4 Å². The monoisotopic (exact) mass is 252 g/mol. The van der Waals surface area contributed by atoms with Crippen LogP contribution in [0.15, 0.2) is 6.07 Å². The second kappa shape index (κ2) is 5.58. The fraction of sp³-hybridized carbons (Fsp3) is 0.667. The van der Waals surface area contributed by atoms with Gasteiger partial charge in [-0.25, -0.2) is 9.97 Å². The van der Waals surface area contributed by atoms with E-state index >= 15 is 0 Å². The predicted molar refractivity (Wildman–Crippen MR) is 74.6 cm³/mol. The van der Waals surface area contributed by atoms with Crippen LogP contribution >= 0.6 is 11.8 Å². The Morgan fingerprint density at radius 1 is 1.53 bits per heavy atom. The molecule has 0 spiro atoms. The Kier molecular flexibility index (Phi) is 4.10. The molecule has 2 N–H and O–H groups in total. The SMILES string of the molecule is CCCc1nc(N)cc(N2CCSCC2C)n1. The number of nitrogens with two attached hydrogens (primary N) is 1. The van der Waals surface area contributed by atoms with Crippen LogP contribution < -0.4 is 10.6 Å². The van der Waals surface area contributed by atoms with Gasteiger partial charge in [0.25, 0.3) is 0 Å². The van der Waals surface area contributed by atoms with Gasteiger partial charge in [-0.3, -0.25) is 0 Å². The first-order valence-corrected chi connectivity index (χ1v) is 7.34. The van der Waals surface area contributed by atoms with Crippen molar-refractivity contribution in [1.29, 1.82) is 0 Å². The van der Waals surface area contributed by atoms with Crippen molar-refractivity contribution in [2.45, 2.75) is 32.7 Å². The molecular formula is C12H20N4S. The largest absolute Gasteiger partial charge is 0.384 e. The van der Waals surface area contributed by atoms with Crippen LogP contribution in [0.4, 0.5) is 11.6 Å². The van der Waals surface area contributed by atoms with E-state index in [4.69, 9.17) is 5.73 Å². The van der Waals surface area contributed by atoms with Gasteiger partial charge in [0, 0.05) is 36.6 Å². The molecule has 0 radical (unpaired) electrons. The first-order valence-electron chi connectivity index (χ1n) is 6.18. The van der Waals surface area contributed by atoms with E-state index in [1.807, 2.05) is 17.8 Å². The minimum Gasteiger partial charge on any atom is -0.384 e. The van der Waals surface area contributed by atoms with Crippen LogP contribution in [0.25, 0.3) is 0 Å². The summed E-state index contributed by atoms with van der Waals surface area (Å²) >= 11 is 2.00. The maximum absolute atomic E-state index is 5.86. The molecule has 1 aliphatic heterocycles. The zero-order valence-corrected chi connectivity index (χ0v) is 11.3. The first kappa shape index (κ1) is 12.5. The molecule has 5 heteroatoms. The van der Waals surface area contributed by atoms with Crippen LogP contribution in [0, 0.1) is 0 Å². The van der Waals surface area contributed by atoms with E-state index < -0.39 is 0 Å². The lowest BCUT2D eigenvalue weighted by atomic mass is 10.3. The first-order chi connectivity index (χ1) is 8.20. The molecule has 0 amide bonds. The summed E-state index contributed by atoms with van der Waals surface area (Å²) in [5, 5.41) is 0.